The van der Waals surface area contributed by atoms with Crippen LogP contribution >= 0.6 is 22.9 Å². The molecule has 4 aromatic heterocycles. The Morgan fingerprint density at radius 1 is 0.976 bits per heavy atom. The molecule has 210 valence electrons. The lowest BCUT2D eigenvalue weighted by Gasteiger charge is -2.35. The van der Waals surface area contributed by atoms with Crippen LogP contribution < -0.4 is 20.5 Å². The number of benzene rings is 1. The summed E-state index contributed by atoms with van der Waals surface area (Å²) in [5.41, 5.74) is 1.20. The smallest absolute Gasteiger partial charge is 0.258 e. The number of hydrogen-bond donors (Lipinski definition) is 1. The standard InChI is InChI=1S/C29H29ClN8O2S/c30-19-4-6-22-21(18-19)38-26-20(25(39)24(28(38)41-22)27(40)31-10-13-35-11-1-2-12-35)5-7-23(34-26)36-14-16-37(17-15-36)29-32-8-3-9-33-29/h3-9,18H,1-2,10-17H2,(H,31,40). The summed E-state index contributed by atoms with van der Waals surface area (Å²) in [5.74, 6) is 1.15. The number of carbonyl (C=O) groups is 1. The van der Waals surface area contributed by atoms with Crippen LogP contribution in [-0.4, -0.2) is 82.5 Å². The molecular formula is C29H29ClN8O2S. The lowest BCUT2D eigenvalue weighted by atomic mass is 10.1. The number of carbonyl (C=O) groups excluding carboxylic acids is 1. The number of fused-ring (bicyclic) bond motifs is 5. The van der Waals surface area contributed by atoms with Crippen LogP contribution in [0.2, 0.25) is 5.02 Å². The van der Waals surface area contributed by atoms with Gasteiger partial charge in [0.15, 0.2) is 5.65 Å². The number of pyridine rings is 2. The average molecular weight is 589 g/mol. The van der Waals surface area contributed by atoms with Crippen molar-refractivity contribution < 1.29 is 4.79 Å². The van der Waals surface area contributed by atoms with Crippen molar-refractivity contribution in [2.75, 3.05) is 62.2 Å². The van der Waals surface area contributed by atoms with E-state index in [0.29, 0.717) is 27.4 Å². The Hall–Kier alpha value is -3.80. The molecule has 1 aromatic carbocycles. The zero-order valence-corrected chi connectivity index (χ0v) is 24.0. The molecule has 2 aliphatic heterocycles. The van der Waals surface area contributed by atoms with Gasteiger partial charge in [-0.3, -0.25) is 14.0 Å². The van der Waals surface area contributed by atoms with Crippen LogP contribution in [0.25, 0.3) is 26.1 Å². The molecule has 0 bridgehead atoms. The number of hydrogen-bond acceptors (Lipinski definition) is 9. The quantitative estimate of drug-likeness (QED) is 0.321. The van der Waals surface area contributed by atoms with Crippen molar-refractivity contribution in [3.8, 4) is 0 Å². The summed E-state index contributed by atoms with van der Waals surface area (Å²) in [4.78, 5) is 48.4. The maximum Gasteiger partial charge on any atom is 0.258 e. The Bertz CT molecular complexity index is 1810. The van der Waals surface area contributed by atoms with E-state index < -0.39 is 0 Å². The van der Waals surface area contributed by atoms with Gasteiger partial charge in [-0.25, -0.2) is 15.0 Å². The summed E-state index contributed by atoms with van der Waals surface area (Å²) in [6, 6.07) is 11.1. The van der Waals surface area contributed by atoms with Crippen LogP contribution in [0, 0.1) is 0 Å². The van der Waals surface area contributed by atoms with Gasteiger partial charge >= 0.3 is 0 Å². The number of nitrogens with zero attached hydrogens (tertiary/aromatic N) is 7. The van der Waals surface area contributed by atoms with E-state index >= 15 is 0 Å². The van der Waals surface area contributed by atoms with E-state index in [4.69, 9.17) is 16.6 Å². The highest BCUT2D eigenvalue weighted by Gasteiger charge is 2.25. The SMILES string of the molecule is O=C(NCCN1CCCC1)c1c(=O)c2ccc(N3CCN(c4ncccn4)CC3)nc2n2c1sc1ccc(Cl)cc12. The van der Waals surface area contributed by atoms with Crippen LogP contribution in [0.1, 0.15) is 23.2 Å². The third-order valence-electron chi connectivity index (χ3n) is 7.91. The molecule has 41 heavy (non-hydrogen) atoms. The molecule has 0 radical (unpaired) electrons. The van der Waals surface area contributed by atoms with E-state index in [1.54, 1.807) is 18.5 Å². The Kier molecular flexibility index (Phi) is 6.93. The molecule has 0 spiro atoms. The second-order valence-electron chi connectivity index (χ2n) is 10.4. The van der Waals surface area contributed by atoms with E-state index in [-0.39, 0.29) is 16.9 Å². The van der Waals surface area contributed by atoms with Gasteiger partial charge in [0, 0.05) is 56.7 Å². The predicted octanol–water partition coefficient (Wildman–Crippen LogP) is 3.66. The molecule has 0 saturated carbocycles. The van der Waals surface area contributed by atoms with E-state index in [0.717, 1.165) is 67.8 Å². The zero-order valence-electron chi connectivity index (χ0n) is 22.4. The zero-order chi connectivity index (χ0) is 27.9. The predicted molar refractivity (Wildman–Crippen MR) is 164 cm³/mol. The molecule has 1 N–H and O–H groups in total. The molecule has 2 aliphatic rings. The van der Waals surface area contributed by atoms with Gasteiger partial charge in [-0.05, 0) is 62.3 Å². The Morgan fingerprint density at radius 3 is 2.51 bits per heavy atom. The monoisotopic (exact) mass is 588 g/mol. The lowest BCUT2D eigenvalue weighted by molar-refractivity contribution is 0.0950. The summed E-state index contributed by atoms with van der Waals surface area (Å²) in [6.45, 7) is 6.37. The molecule has 7 rings (SSSR count). The van der Waals surface area contributed by atoms with E-state index in [9.17, 15) is 9.59 Å². The number of amides is 1. The number of rotatable bonds is 6. The number of thiazole rings is 1. The maximum atomic E-state index is 13.9. The van der Waals surface area contributed by atoms with Crippen molar-refractivity contribution in [3.05, 3.63) is 69.6 Å². The highest BCUT2D eigenvalue weighted by molar-refractivity contribution is 7.24. The number of piperazine rings is 1. The van der Waals surface area contributed by atoms with Crippen molar-refractivity contribution in [1.82, 2.24) is 29.6 Å². The number of aromatic nitrogens is 4. The molecule has 0 atom stereocenters. The Morgan fingerprint density at radius 2 is 1.73 bits per heavy atom. The molecule has 0 aliphatic carbocycles. The molecule has 10 nitrogen and oxygen atoms in total. The average Bonchev–Trinajstić information content (AvgIpc) is 3.65. The fourth-order valence-electron chi connectivity index (χ4n) is 5.79. The fraction of sp³-hybridized carbons (Fsp3) is 0.345. The summed E-state index contributed by atoms with van der Waals surface area (Å²) in [6.07, 6.45) is 5.89. The van der Waals surface area contributed by atoms with Gasteiger partial charge in [-0.15, -0.1) is 11.3 Å². The van der Waals surface area contributed by atoms with Crippen LogP contribution in [0.15, 0.2) is 53.6 Å². The van der Waals surface area contributed by atoms with Crippen molar-refractivity contribution >= 4 is 66.7 Å². The molecule has 5 aromatic rings. The van der Waals surface area contributed by atoms with E-state index in [1.165, 1.54) is 24.2 Å². The fourth-order valence-corrected chi connectivity index (χ4v) is 7.12. The minimum absolute atomic E-state index is 0.155. The molecule has 6 heterocycles. The van der Waals surface area contributed by atoms with Crippen molar-refractivity contribution in [3.63, 3.8) is 0 Å². The summed E-state index contributed by atoms with van der Waals surface area (Å²) >= 11 is 7.82. The highest BCUT2D eigenvalue weighted by atomic mass is 35.5. The molecule has 2 fully saturated rings. The topological polar surface area (TPSA) is 99.0 Å². The van der Waals surface area contributed by atoms with E-state index in [2.05, 4.69) is 30.0 Å². The van der Waals surface area contributed by atoms with Gasteiger partial charge in [0.1, 0.15) is 16.2 Å². The summed E-state index contributed by atoms with van der Waals surface area (Å²) < 4.78 is 2.85. The second kappa shape index (κ2) is 10.9. The van der Waals surface area contributed by atoms with Crippen LogP contribution in [0.5, 0.6) is 0 Å². The van der Waals surface area contributed by atoms with Crippen LogP contribution in [0.3, 0.4) is 0 Å². The van der Waals surface area contributed by atoms with Gasteiger partial charge in [0.05, 0.1) is 15.6 Å². The van der Waals surface area contributed by atoms with Crippen LogP contribution in [-0.2, 0) is 0 Å². The van der Waals surface area contributed by atoms with Gasteiger partial charge in [-0.2, -0.15) is 0 Å². The largest absolute Gasteiger partial charge is 0.353 e. The number of likely N-dealkylation sites (tertiary alicyclic amines) is 1. The first kappa shape index (κ1) is 26.1. The third kappa shape index (κ3) is 4.87. The van der Waals surface area contributed by atoms with Crippen molar-refractivity contribution in [2.24, 2.45) is 0 Å². The maximum absolute atomic E-state index is 13.9. The Balaban J connectivity index is 1.26. The van der Waals surface area contributed by atoms with E-state index in [1.807, 2.05) is 34.7 Å². The van der Waals surface area contributed by atoms with Gasteiger partial charge in [0.25, 0.3) is 5.91 Å². The first-order valence-electron chi connectivity index (χ1n) is 13.9. The van der Waals surface area contributed by atoms with Gasteiger partial charge < -0.3 is 20.0 Å². The first-order chi connectivity index (χ1) is 20.1. The van der Waals surface area contributed by atoms with Crippen molar-refractivity contribution in [1.29, 1.82) is 0 Å². The highest BCUT2D eigenvalue weighted by Crippen LogP contribution is 2.33. The minimum Gasteiger partial charge on any atom is -0.353 e. The molecule has 1 amide bonds. The molecular weight excluding hydrogens is 560 g/mol. The number of halogens is 1. The molecule has 12 heteroatoms. The Labute approximate surface area is 245 Å². The summed E-state index contributed by atoms with van der Waals surface area (Å²) in [5, 5.41) is 3.99. The normalized spacial score (nSPS) is 16.3. The van der Waals surface area contributed by atoms with Crippen molar-refractivity contribution in [2.45, 2.75) is 12.8 Å². The molecule has 0 unspecified atom stereocenters. The molecule has 2 saturated heterocycles. The van der Waals surface area contributed by atoms with Gasteiger partial charge in [0.2, 0.25) is 11.4 Å². The lowest BCUT2D eigenvalue weighted by Crippen LogP contribution is -2.47. The summed E-state index contributed by atoms with van der Waals surface area (Å²) in [7, 11) is 0. The minimum atomic E-state index is -0.352. The third-order valence-corrected chi connectivity index (χ3v) is 9.29. The van der Waals surface area contributed by atoms with Gasteiger partial charge in [-0.1, -0.05) is 11.6 Å². The first-order valence-corrected chi connectivity index (χ1v) is 15.1. The second-order valence-corrected chi connectivity index (χ2v) is 11.9. The number of anilines is 2. The number of nitrogens with one attached hydrogen (secondary N) is 1. The van der Waals surface area contributed by atoms with Crippen LogP contribution in [0.4, 0.5) is 11.8 Å².